The molecule has 1 heterocycles. The zero-order valence-electron chi connectivity index (χ0n) is 21.4. The number of amides is 1. The molecule has 210 valence electrons. The summed E-state index contributed by atoms with van der Waals surface area (Å²) < 4.78 is 28.6. The lowest BCUT2D eigenvalue weighted by atomic mass is 9.99. The average molecular weight is 548 g/mol. The zero-order valence-corrected chi connectivity index (χ0v) is 22.2. The number of carbonyl (C=O) groups is 2. The van der Waals surface area contributed by atoms with Crippen molar-refractivity contribution >= 4 is 28.4 Å². The van der Waals surface area contributed by atoms with Crippen LogP contribution in [0, 0.1) is 6.92 Å². The molecule has 0 radical (unpaired) electrons. The van der Waals surface area contributed by atoms with Gasteiger partial charge in [-0.3, -0.25) is 9.00 Å². The molecule has 1 saturated heterocycles. The third-order valence-electron chi connectivity index (χ3n) is 6.10. The maximum Gasteiger partial charge on any atom is 0.333 e. The van der Waals surface area contributed by atoms with E-state index in [0.717, 1.165) is 11.1 Å². The van der Waals surface area contributed by atoms with Crippen LogP contribution >= 0.6 is 0 Å². The topological polar surface area (TPSA) is 183 Å². The van der Waals surface area contributed by atoms with Crippen LogP contribution in [0.3, 0.4) is 0 Å². The minimum Gasteiger partial charge on any atom is -0.479 e. The predicted molar refractivity (Wildman–Crippen MR) is 134 cm³/mol. The Hall–Kier alpha value is -1.97. The second-order valence-corrected chi connectivity index (χ2v) is 10.4. The number of aliphatic hydroxyl groups excluding tert-OH is 4. The van der Waals surface area contributed by atoms with E-state index >= 15 is 0 Å². The van der Waals surface area contributed by atoms with Gasteiger partial charge in [-0.25, -0.2) is 4.79 Å². The average Bonchev–Trinajstić information content (AvgIpc) is 2.84. The number of carbonyl (C=O) groups excluding carboxylic acids is 1. The number of rotatable bonds is 13. The van der Waals surface area contributed by atoms with E-state index < -0.39 is 83.6 Å². The molecule has 13 heteroatoms. The van der Waals surface area contributed by atoms with Gasteiger partial charge in [0.1, 0.15) is 30.2 Å². The Morgan fingerprint density at radius 3 is 2.43 bits per heavy atom. The van der Waals surface area contributed by atoms with E-state index in [2.05, 4.69) is 0 Å². The van der Waals surface area contributed by atoms with Gasteiger partial charge in [0, 0.05) is 17.9 Å². The monoisotopic (exact) mass is 547 g/mol. The summed E-state index contributed by atoms with van der Waals surface area (Å²) in [4.78, 5) is 26.7. The summed E-state index contributed by atoms with van der Waals surface area (Å²) in [5.74, 6) is -3.15. The Balaban J connectivity index is 2.20. The molecule has 1 amide bonds. The summed E-state index contributed by atoms with van der Waals surface area (Å²) >= 11 is 0. The molecule has 1 aliphatic rings. The van der Waals surface area contributed by atoms with Crippen LogP contribution in [0.1, 0.15) is 25.0 Å². The first-order valence-electron chi connectivity index (χ1n) is 11.9. The fraction of sp³-hybridized carbons (Fsp3) is 0.667. The van der Waals surface area contributed by atoms with E-state index in [1.165, 1.54) is 12.0 Å². The predicted octanol–water partition coefficient (Wildman–Crippen LogP) is -1.06. The van der Waals surface area contributed by atoms with Crippen LogP contribution in [-0.2, 0) is 41.0 Å². The lowest BCUT2D eigenvalue weighted by molar-refractivity contribution is -0.308. The molecule has 0 saturated carbocycles. The number of methoxy groups -OCH3 is 1. The SMILES string of the molecule is CCc1cccc(C)c1N(C(=O)CS(=O)CC(O[C@@H]1O[C@H](CO)[C@@H](O)[C@H](O)[C@H]1O)C(=O)O)C(C)COC. The van der Waals surface area contributed by atoms with Gasteiger partial charge in [-0.05, 0) is 31.4 Å². The normalized spacial score (nSPS) is 26.3. The van der Waals surface area contributed by atoms with E-state index in [-0.39, 0.29) is 6.61 Å². The van der Waals surface area contributed by atoms with Crippen LogP contribution in [-0.4, -0.2) is 116 Å². The van der Waals surface area contributed by atoms with Crippen LogP contribution < -0.4 is 4.90 Å². The van der Waals surface area contributed by atoms with Crippen molar-refractivity contribution < 1.29 is 53.5 Å². The highest BCUT2D eigenvalue weighted by Gasteiger charge is 2.45. The third kappa shape index (κ3) is 7.77. The number of aliphatic carboxylic acids is 1. The lowest BCUT2D eigenvalue weighted by Crippen LogP contribution is -2.60. The summed E-state index contributed by atoms with van der Waals surface area (Å²) in [5, 5.41) is 48.8. The van der Waals surface area contributed by atoms with Crippen molar-refractivity contribution in [1.82, 2.24) is 0 Å². The molecule has 2 rings (SSSR count). The second-order valence-electron chi connectivity index (χ2n) is 8.92. The fourth-order valence-electron chi connectivity index (χ4n) is 4.20. The van der Waals surface area contributed by atoms with Crippen LogP contribution in [0.15, 0.2) is 18.2 Å². The standard InChI is InChI=1S/C24H37NO11S/c1-5-15-8-6-7-13(2)19(15)25(14(3)10-34-4)18(27)12-37(33)11-17(23(31)32)36-24-22(30)21(29)20(28)16(9-26)35-24/h6-8,14,16-17,20-22,24,26,28-30H,5,9-12H2,1-4H3,(H,31,32)/t14?,16-,17?,20-,21+,22-,24+,37?/m1/s1. The summed E-state index contributed by atoms with van der Waals surface area (Å²) in [5.41, 5.74) is 2.44. The lowest BCUT2D eigenvalue weighted by Gasteiger charge is -2.40. The van der Waals surface area contributed by atoms with E-state index in [1.54, 1.807) is 6.92 Å². The van der Waals surface area contributed by atoms with Gasteiger partial charge < -0.3 is 44.6 Å². The maximum atomic E-state index is 13.4. The molecule has 1 fully saturated rings. The van der Waals surface area contributed by atoms with Gasteiger partial charge in [0.15, 0.2) is 12.4 Å². The molecule has 12 nitrogen and oxygen atoms in total. The van der Waals surface area contributed by atoms with E-state index in [1.807, 2.05) is 32.0 Å². The highest BCUT2D eigenvalue weighted by Crippen LogP contribution is 2.28. The summed E-state index contributed by atoms with van der Waals surface area (Å²) in [7, 11) is -0.505. The van der Waals surface area contributed by atoms with Crippen molar-refractivity contribution in [1.29, 1.82) is 0 Å². The van der Waals surface area contributed by atoms with Gasteiger partial charge >= 0.3 is 5.97 Å². The minimum absolute atomic E-state index is 0.216. The molecule has 1 aromatic rings. The van der Waals surface area contributed by atoms with Gasteiger partial charge in [-0.2, -0.15) is 0 Å². The largest absolute Gasteiger partial charge is 0.479 e. The van der Waals surface area contributed by atoms with Crippen molar-refractivity contribution in [3.05, 3.63) is 29.3 Å². The second kappa shape index (κ2) is 14.3. The first-order valence-corrected chi connectivity index (χ1v) is 13.4. The molecular weight excluding hydrogens is 510 g/mol. The number of ether oxygens (including phenoxy) is 3. The molecule has 0 bridgehead atoms. The van der Waals surface area contributed by atoms with Crippen LogP contribution in [0.25, 0.3) is 0 Å². The Kier molecular flexibility index (Phi) is 12.0. The Bertz CT molecular complexity index is 943. The number of hydrogen-bond donors (Lipinski definition) is 5. The molecule has 1 aliphatic heterocycles. The smallest absolute Gasteiger partial charge is 0.333 e. The summed E-state index contributed by atoms with van der Waals surface area (Å²) in [6.07, 6.45) is -9.39. The van der Waals surface area contributed by atoms with E-state index in [9.17, 15) is 39.3 Å². The Morgan fingerprint density at radius 2 is 1.86 bits per heavy atom. The molecular formula is C24H37NO11S. The van der Waals surface area contributed by atoms with Crippen molar-refractivity contribution in [2.45, 2.75) is 70.0 Å². The highest BCUT2D eigenvalue weighted by molar-refractivity contribution is 7.85. The number of para-hydroxylation sites is 1. The Labute approximate surface area is 218 Å². The van der Waals surface area contributed by atoms with Gasteiger partial charge in [-0.1, -0.05) is 25.1 Å². The number of carboxylic acid groups (broad SMARTS) is 1. The van der Waals surface area contributed by atoms with E-state index in [0.29, 0.717) is 12.1 Å². The molecule has 37 heavy (non-hydrogen) atoms. The molecule has 8 atom stereocenters. The van der Waals surface area contributed by atoms with Crippen LogP contribution in [0.5, 0.6) is 0 Å². The number of carboxylic acids is 1. The number of hydrogen-bond acceptors (Lipinski definition) is 10. The van der Waals surface area contributed by atoms with Gasteiger partial charge in [0.2, 0.25) is 5.91 Å². The third-order valence-corrected chi connectivity index (χ3v) is 7.35. The van der Waals surface area contributed by atoms with Crippen molar-refractivity contribution in [2.75, 3.05) is 36.7 Å². The number of aliphatic hydroxyl groups is 4. The molecule has 1 aromatic carbocycles. The Morgan fingerprint density at radius 1 is 1.19 bits per heavy atom. The van der Waals surface area contributed by atoms with Crippen molar-refractivity contribution in [2.24, 2.45) is 0 Å². The molecule has 0 aliphatic carbocycles. The molecule has 3 unspecified atom stereocenters. The molecule has 0 aromatic heterocycles. The summed E-state index contributed by atoms with van der Waals surface area (Å²) in [6.45, 7) is 5.09. The highest BCUT2D eigenvalue weighted by atomic mass is 32.2. The van der Waals surface area contributed by atoms with E-state index in [4.69, 9.17) is 14.2 Å². The quantitative estimate of drug-likeness (QED) is 0.203. The van der Waals surface area contributed by atoms with Crippen LogP contribution in [0.4, 0.5) is 5.69 Å². The minimum atomic E-state index is -2.01. The van der Waals surface area contributed by atoms with Crippen molar-refractivity contribution in [3.8, 4) is 0 Å². The number of benzene rings is 1. The van der Waals surface area contributed by atoms with Gasteiger partial charge in [-0.15, -0.1) is 0 Å². The maximum absolute atomic E-state index is 13.4. The first-order chi connectivity index (χ1) is 17.5. The van der Waals surface area contributed by atoms with Crippen molar-refractivity contribution in [3.63, 3.8) is 0 Å². The number of anilines is 1. The van der Waals surface area contributed by atoms with Gasteiger partial charge in [0.05, 0.1) is 30.7 Å². The first kappa shape index (κ1) is 31.2. The molecule has 0 spiro atoms. The fourth-order valence-corrected chi connectivity index (χ4v) is 5.29. The zero-order chi connectivity index (χ0) is 27.9. The molecule has 5 N–H and O–H groups in total. The number of nitrogens with zero attached hydrogens (tertiary/aromatic N) is 1. The van der Waals surface area contributed by atoms with Gasteiger partial charge in [0.25, 0.3) is 0 Å². The van der Waals surface area contributed by atoms with Crippen LogP contribution in [0.2, 0.25) is 0 Å². The summed E-state index contributed by atoms with van der Waals surface area (Å²) in [6, 6.07) is 5.24. The number of aryl methyl sites for hydroxylation is 2.